The number of carbonyl (C=O) groups excluding carboxylic acids is 2. The van der Waals surface area contributed by atoms with Gasteiger partial charge in [0.15, 0.2) is 0 Å². The molecule has 0 bridgehead atoms. The molecule has 0 spiro atoms. The maximum Gasteiger partial charge on any atom is 0.239 e. The predicted molar refractivity (Wildman–Crippen MR) is 84.3 cm³/mol. The molecule has 2 heterocycles. The highest BCUT2D eigenvalue weighted by Crippen LogP contribution is 2.13. The Morgan fingerprint density at radius 1 is 1.45 bits per heavy atom. The molecule has 0 aliphatic carbocycles. The second-order valence-electron chi connectivity index (χ2n) is 6.28. The number of nitrogens with zero attached hydrogens (tertiary/aromatic N) is 4. The molecule has 1 saturated heterocycles. The summed E-state index contributed by atoms with van der Waals surface area (Å²) in [5, 5.41) is 6.81. The molecule has 22 heavy (non-hydrogen) atoms. The van der Waals surface area contributed by atoms with Gasteiger partial charge in [0.2, 0.25) is 11.8 Å². The molecule has 1 atom stereocenters. The number of nitrogens with one attached hydrogen (secondary N) is 1. The average molecular weight is 307 g/mol. The Morgan fingerprint density at radius 2 is 2.18 bits per heavy atom. The fraction of sp³-hybridized carbons (Fsp3) is 0.667. The van der Waals surface area contributed by atoms with Crippen LogP contribution in [0.5, 0.6) is 0 Å². The van der Waals surface area contributed by atoms with Crippen molar-refractivity contribution >= 4 is 17.5 Å². The smallest absolute Gasteiger partial charge is 0.239 e. The van der Waals surface area contributed by atoms with Crippen molar-refractivity contribution in [2.24, 2.45) is 13.0 Å². The molecule has 0 saturated carbocycles. The summed E-state index contributed by atoms with van der Waals surface area (Å²) >= 11 is 0. The second-order valence-corrected chi connectivity index (χ2v) is 6.28. The molecule has 1 aromatic rings. The van der Waals surface area contributed by atoms with Crippen LogP contribution in [0, 0.1) is 5.92 Å². The van der Waals surface area contributed by atoms with E-state index in [1.807, 2.05) is 16.7 Å². The first-order valence-electron chi connectivity index (χ1n) is 7.68. The van der Waals surface area contributed by atoms with Crippen LogP contribution >= 0.6 is 0 Å². The summed E-state index contributed by atoms with van der Waals surface area (Å²) in [6, 6.07) is -0.257. The predicted octanol–water partition coefficient (Wildman–Crippen LogP) is 0.547. The lowest BCUT2D eigenvalue weighted by Gasteiger charge is -2.39. The number of rotatable bonds is 5. The maximum absolute atomic E-state index is 12.4. The van der Waals surface area contributed by atoms with Crippen LogP contribution in [0.4, 0.5) is 5.69 Å². The van der Waals surface area contributed by atoms with Gasteiger partial charge in [-0.05, 0) is 12.8 Å². The Kier molecular flexibility index (Phi) is 5.18. The first-order chi connectivity index (χ1) is 10.4. The lowest BCUT2D eigenvalue weighted by atomic mass is 10.1. The van der Waals surface area contributed by atoms with E-state index in [0.29, 0.717) is 18.2 Å². The van der Waals surface area contributed by atoms with E-state index in [4.69, 9.17) is 0 Å². The van der Waals surface area contributed by atoms with Crippen molar-refractivity contribution in [1.29, 1.82) is 0 Å². The number of hydrogen-bond acceptors (Lipinski definition) is 4. The van der Waals surface area contributed by atoms with Crippen molar-refractivity contribution in [2.75, 3.05) is 31.5 Å². The summed E-state index contributed by atoms with van der Waals surface area (Å²) in [5.41, 5.74) is 0.671. The Morgan fingerprint density at radius 3 is 2.77 bits per heavy atom. The van der Waals surface area contributed by atoms with E-state index in [0.717, 1.165) is 13.1 Å². The summed E-state index contributed by atoms with van der Waals surface area (Å²) in [6.45, 7) is 8.47. The molecule has 1 aromatic heterocycles. The monoisotopic (exact) mass is 307 g/mol. The third-order valence-corrected chi connectivity index (χ3v) is 3.79. The zero-order valence-electron chi connectivity index (χ0n) is 13.7. The number of hydrogen-bond donors (Lipinski definition) is 1. The van der Waals surface area contributed by atoms with Gasteiger partial charge in [0.1, 0.15) is 0 Å². The van der Waals surface area contributed by atoms with E-state index in [9.17, 15) is 9.59 Å². The van der Waals surface area contributed by atoms with Crippen LogP contribution < -0.4 is 5.32 Å². The topological polar surface area (TPSA) is 70.5 Å². The Hall–Kier alpha value is -1.89. The van der Waals surface area contributed by atoms with Crippen LogP contribution in [0.25, 0.3) is 0 Å². The first kappa shape index (κ1) is 16.5. The van der Waals surface area contributed by atoms with Gasteiger partial charge in [0.25, 0.3) is 0 Å². The lowest BCUT2D eigenvalue weighted by Crippen LogP contribution is -2.57. The third-order valence-electron chi connectivity index (χ3n) is 3.79. The zero-order chi connectivity index (χ0) is 16.3. The standard InChI is InChI=1S/C15H25N5O2/c1-11(2)8-20-6-5-19(12(3)15(20)22)10-14(21)17-13-7-16-18(4)9-13/h7,9,11-12H,5-6,8,10H2,1-4H3,(H,17,21)/t12-/m0/s1. The summed E-state index contributed by atoms with van der Waals surface area (Å²) in [6.07, 6.45) is 3.35. The highest BCUT2D eigenvalue weighted by Gasteiger charge is 2.32. The normalized spacial score (nSPS) is 19.8. The molecule has 2 amide bonds. The van der Waals surface area contributed by atoms with Crippen LogP contribution in [0.2, 0.25) is 0 Å². The van der Waals surface area contributed by atoms with Gasteiger partial charge < -0.3 is 10.2 Å². The fourth-order valence-corrected chi connectivity index (χ4v) is 2.68. The minimum absolute atomic E-state index is 0.106. The van der Waals surface area contributed by atoms with Crippen molar-refractivity contribution in [3.8, 4) is 0 Å². The van der Waals surface area contributed by atoms with Gasteiger partial charge in [-0.25, -0.2) is 0 Å². The van der Waals surface area contributed by atoms with Crippen LogP contribution in [-0.4, -0.2) is 63.6 Å². The first-order valence-corrected chi connectivity index (χ1v) is 7.68. The van der Waals surface area contributed by atoms with E-state index in [2.05, 4.69) is 24.3 Å². The molecule has 1 fully saturated rings. The molecule has 7 heteroatoms. The highest BCUT2D eigenvalue weighted by molar-refractivity contribution is 5.92. The second kappa shape index (κ2) is 6.91. The minimum atomic E-state index is -0.257. The van der Waals surface area contributed by atoms with Crippen molar-refractivity contribution in [3.63, 3.8) is 0 Å². The molecule has 1 aliphatic heterocycles. The van der Waals surface area contributed by atoms with E-state index in [1.165, 1.54) is 0 Å². The molecule has 7 nitrogen and oxygen atoms in total. The van der Waals surface area contributed by atoms with Crippen molar-refractivity contribution in [3.05, 3.63) is 12.4 Å². The number of aryl methyl sites for hydroxylation is 1. The van der Waals surface area contributed by atoms with Gasteiger partial charge >= 0.3 is 0 Å². The SMILES string of the molecule is CC(C)CN1CCN(CC(=O)Nc2cnn(C)c2)[C@@H](C)C1=O. The van der Waals surface area contributed by atoms with Crippen molar-refractivity contribution < 1.29 is 9.59 Å². The molecule has 0 radical (unpaired) electrons. The van der Waals surface area contributed by atoms with Gasteiger partial charge in [0.05, 0.1) is 24.5 Å². The van der Waals surface area contributed by atoms with E-state index in [-0.39, 0.29) is 24.4 Å². The zero-order valence-corrected chi connectivity index (χ0v) is 13.7. The quantitative estimate of drug-likeness (QED) is 0.862. The summed E-state index contributed by atoms with van der Waals surface area (Å²) in [4.78, 5) is 28.3. The molecular weight excluding hydrogens is 282 g/mol. The van der Waals surface area contributed by atoms with Gasteiger partial charge in [0, 0.05) is 32.9 Å². The number of carbonyl (C=O) groups is 2. The molecule has 1 N–H and O–H groups in total. The molecular formula is C15H25N5O2. The molecule has 1 aliphatic rings. The Balaban J connectivity index is 1.88. The lowest BCUT2D eigenvalue weighted by molar-refractivity contribution is -0.142. The number of amides is 2. The number of aromatic nitrogens is 2. The van der Waals surface area contributed by atoms with Gasteiger partial charge in [-0.1, -0.05) is 13.8 Å². The molecule has 0 aromatic carbocycles. The molecule has 0 unspecified atom stereocenters. The number of anilines is 1. The molecule has 2 rings (SSSR count). The minimum Gasteiger partial charge on any atom is -0.340 e. The Labute approximate surface area is 131 Å². The summed E-state index contributed by atoms with van der Waals surface area (Å²) in [7, 11) is 1.80. The van der Waals surface area contributed by atoms with Crippen molar-refractivity contribution in [2.45, 2.75) is 26.8 Å². The van der Waals surface area contributed by atoms with Crippen molar-refractivity contribution in [1.82, 2.24) is 19.6 Å². The van der Waals surface area contributed by atoms with Crippen LogP contribution in [0.3, 0.4) is 0 Å². The van der Waals surface area contributed by atoms with E-state index >= 15 is 0 Å². The van der Waals surface area contributed by atoms with E-state index in [1.54, 1.807) is 24.1 Å². The van der Waals surface area contributed by atoms with Crippen LogP contribution in [0.1, 0.15) is 20.8 Å². The van der Waals surface area contributed by atoms with E-state index < -0.39 is 0 Å². The van der Waals surface area contributed by atoms with Crippen LogP contribution in [-0.2, 0) is 16.6 Å². The van der Waals surface area contributed by atoms with Gasteiger partial charge in [-0.2, -0.15) is 5.10 Å². The van der Waals surface area contributed by atoms with Gasteiger partial charge in [-0.15, -0.1) is 0 Å². The fourth-order valence-electron chi connectivity index (χ4n) is 2.68. The largest absolute Gasteiger partial charge is 0.340 e. The van der Waals surface area contributed by atoms with Gasteiger partial charge in [-0.3, -0.25) is 19.2 Å². The van der Waals surface area contributed by atoms with Crippen LogP contribution in [0.15, 0.2) is 12.4 Å². The summed E-state index contributed by atoms with van der Waals surface area (Å²) in [5.74, 6) is 0.440. The number of piperazine rings is 1. The third kappa shape index (κ3) is 4.07. The average Bonchev–Trinajstić information content (AvgIpc) is 2.83. The maximum atomic E-state index is 12.4. The highest BCUT2D eigenvalue weighted by atomic mass is 16.2. The molecule has 122 valence electrons. The summed E-state index contributed by atoms with van der Waals surface area (Å²) < 4.78 is 1.63. The Bertz CT molecular complexity index is 540.